The lowest BCUT2D eigenvalue weighted by Gasteiger charge is -2.34. The van der Waals surface area contributed by atoms with Crippen LogP contribution in [0.2, 0.25) is 0 Å². The van der Waals surface area contributed by atoms with Gasteiger partial charge in [-0.1, -0.05) is 42.5 Å². The van der Waals surface area contributed by atoms with Crippen molar-refractivity contribution >= 4 is 5.91 Å². The molecular weight excluding hydrogens is 344 g/mol. The molecule has 2 aliphatic rings. The summed E-state index contributed by atoms with van der Waals surface area (Å²) in [6.07, 6.45) is 4.77. The van der Waals surface area contributed by atoms with Crippen LogP contribution < -0.4 is 0 Å². The zero-order valence-electron chi connectivity index (χ0n) is 17.4. The maximum atomic E-state index is 11.8. The van der Waals surface area contributed by atoms with Crippen LogP contribution in [0.3, 0.4) is 0 Å². The number of nitrogens with zero attached hydrogens (tertiary/aromatic N) is 2. The van der Waals surface area contributed by atoms with Crippen molar-refractivity contribution in [3.05, 3.63) is 59.2 Å². The second-order valence-electron chi connectivity index (χ2n) is 8.53. The maximum absolute atomic E-state index is 11.8. The highest BCUT2D eigenvalue weighted by Crippen LogP contribution is 2.32. The van der Waals surface area contributed by atoms with Gasteiger partial charge in [-0.05, 0) is 73.9 Å². The third-order valence-electron chi connectivity index (χ3n) is 6.75. The Bertz CT molecular complexity index is 842. The van der Waals surface area contributed by atoms with Crippen molar-refractivity contribution in [2.45, 2.75) is 58.5 Å². The molecule has 0 N–H and O–H groups in total. The van der Waals surface area contributed by atoms with Gasteiger partial charge >= 0.3 is 0 Å². The molecule has 1 saturated heterocycles. The van der Waals surface area contributed by atoms with Gasteiger partial charge in [-0.3, -0.25) is 4.79 Å². The molecular formula is C25H32N2O. The van der Waals surface area contributed by atoms with Crippen LogP contribution in [0.5, 0.6) is 0 Å². The summed E-state index contributed by atoms with van der Waals surface area (Å²) in [6, 6.07) is 16.8. The normalized spacial score (nSPS) is 22.3. The van der Waals surface area contributed by atoms with E-state index in [1.807, 2.05) is 4.90 Å². The van der Waals surface area contributed by atoms with E-state index >= 15 is 0 Å². The predicted molar refractivity (Wildman–Crippen MR) is 115 cm³/mol. The highest BCUT2D eigenvalue weighted by molar-refractivity contribution is 5.74. The summed E-state index contributed by atoms with van der Waals surface area (Å²) in [7, 11) is 0. The van der Waals surface area contributed by atoms with Crippen LogP contribution in [0.1, 0.15) is 56.3 Å². The number of carbonyl (C=O) groups excluding carboxylic acids is 1. The van der Waals surface area contributed by atoms with Crippen LogP contribution in [0.4, 0.5) is 0 Å². The van der Waals surface area contributed by atoms with E-state index in [1.54, 1.807) is 6.92 Å². The first-order valence-corrected chi connectivity index (χ1v) is 10.8. The van der Waals surface area contributed by atoms with Crippen molar-refractivity contribution in [3.8, 4) is 11.1 Å². The van der Waals surface area contributed by atoms with Gasteiger partial charge in [-0.15, -0.1) is 0 Å². The summed E-state index contributed by atoms with van der Waals surface area (Å²) in [5.74, 6) is 0.168. The lowest BCUT2D eigenvalue weighted by molar-refractivity contribution is -0.131. The molecule has 2 aliphatic heterocycles. The van der Waals surface area contributed by atoms with E-state index in [0.29, 0.717) is 0 Å². The van der Waals surface area contributed by atoms with E-state index in [4.69, 9.17) is 0 Å². The first-order chi connectivity index (χ1) is 13.5. The minimum absolute atomic E-state index is 0.168. The zero-order chi connectivity index (χ0) is 19.7. The van der Waals surface area contributed by atoms with E-state index in [2.05, 4.69) is 61.2 Å². The molecule has 28 heavy (non-hydrogen) atoms. The van der Waals surface area contributed by atoms with Gasteiger partial charge in [0.25, 0.3) is 0 Å². The lowest BCUT2D eigenvalue weighted by atomic mass is 9.90. The molecule has 148 valence electrons. The quantitative estimate of drug-likeness (QED) is 0.762. The second-order valence-corrected chi connectivity index (χ2v) is 8.53. The fraction of sp³-hybridized carbons (Fsp3) is 0.480. The van der Waals surface area contributed by atoms with Gasteiger partial charge in [-0.2, -0.15) is 0 Å². The van der Waals surface area contributed by atoms with Crippen molar-refractivity contribution in [2.75, 3.05) is 19.6 Å². The molecule has 0 saturated carbocycles. The standard InChI is InChI=1S/C25H32N2O/c1-18-5-4-14-26(18)15-12-21-6-8-22(9-7-21)23-10-11-25-19(2)27(20(3)28)16-13-24(25)17-23/h6-11,17-19H,4-5,12-16H2,1-3H3. The molecule has 4 rings (SSSR count). The number of hydrogen-bond acceptors (Lipinski definition) is 2. The summed E-state index contributed by atoms with van der Waals surface area (Å²) >= 11 is 0. The zero-order valence-corrected chi connectivity index (χ0v) is 17.4. The van der Waals surface area contributed by atoms with Gasteiger partial charge in [0.1, 0.15) is 0 Å². The van der Waals surface area contributed by atoms with Crippen LogP contribution in [-0.4, -0.2) is 41.4 Å². The molecule has 0 bridgehead atoms. The SMILES string of the molecule is CC(=O)N1CCc2cc(-c3ccc(CCN4CCCC4C)cc3)ccc2C1C. The summed E-state index contributed by atoms with van der Waals surface area (Å²) < 4.78 is 0. The van der Waals surface area contributed by atoms with Crippen LogP contribution in [0.15, 0.2) is 42.5 Å². The van der Waals surface area contributed by atoms with Crippen molar-refractivity contribution in [3.63, 3.8) is 0 Å². The molecule has 3 nitrogen and oxygen atoms in total. The van der Waals surface area contributed by atoms with Crippen molar-refractivity contribution in [1.29, 1.82) is 0 Å². The number of benzene rings is 2. The van der Waals surface area contributed by atoms with Crippen LogP contribution in [-0.2, 0) is 17.6 Å². The number of amides is 1. The molecule has 1 fully saturated rings. The smallest absolute Gasteiger partial charge is 0.219 e. The van der Waals surface area contributed by atoms with Crippen LogP contribution in [0.25, 0.3) is 11.1 Å². The minimum Gasteiger partial charge on any atom is -0.336 e. The average Bonchev–Trinajstić information content (AvgIpc) is 3.11. The number of likely N-dealkylation sites (tertiary alicyclic amines) is 1. The Morgan fingerprint density at radius 1 is 1.04 bits per heavy atom. The third kappa shape index (κ3) is 3.86. The molecule has 0 spiro atoms. The Labute approximate surface area is 169 Å². The molecule has 3 heteroatoms. The second kappa shape index (κ2) is 8.08. The molecule has 2 unspecified atom stereocenters. The third-order valence-corrected chi connectivity index (χ3v) is 6.75. The Morgan fingerprint density at radius 2 is 1.79 bits per heavy atom. The van der Waals surface area contributed by atoms with Gasteiger partial charge in [0.2, 0.25) is 5.91 Å². The fourth-order valence-electron chi connectivity index (χ4n) is 4.90. The van der Waals surface area contributed by atoms with Crippen LogP contribution >= 0.6 is 0 Å². The Hall–Kier alpha value is -2.13. The van der Waals surface area contributed by atoms with E-state index < -0.39 is 0 Å². The van der Waals surface area contributed by atoms with Crippen molar-refractivity contribution < 1.29 is 4.79 Å². The van der Waals surface area contributed by atoms with E-state index in [0.717, 1.165) is 25.4 Å². The summed E-state index contributed by atoms with van der Waals surface area (Å²) in [6.45, 7) is 9.40. The van der Waals surface area contributed by atoms with Crippen LogP contribution in [0, 0.1) is 0 Å². The van der Waals surface area contributed by atoms with Crippen molar-refractivity contribution in [2.24, 2.45) is 0 Å². The lowest BCUT2D eigenvalue weighted by Crippen LogP contribution is -2.37. The monoisotopic (exact) mass is 376 g/mol. The predicted octanol–water partition coefficient (Wildman–Crippen LogP) is 4.85. The molecule has 2 aromatic carbocycles. The largest absolute Gasteiger partial charge is 0.336 e. The highest BCUT2D eigenvalue weighted by Gasteiger charge is 2.25. The van der Waals surface area contributed by atoms with Gasteiger partial charge in [-0.25, -0.2) is 0 Å². The molecule has 2 atom stereocenters. The van der Waals surface area contributed by atoms with Gasteiger partial charge in [0, 0.05) is 26.1 Å². The maximum Gasteiger partial charge on any atom is 0.219 e. The molecule has 0 aromatic heterocycles. The molecule has 2 aromatic rings. The molecule has 0 radical (unpaired) electrons. The average molecular weight is 377 g/mol. The molecule has 2 heterocycles. The summed E-state index contributed by atoms with van der Waals surface area (Å²) in [5.41, 5.74) is 6.66. The highest BCUT2D eigenvalue weighted by atomic mass is 16.2. The van der Waals surface area contributed by atoms with E-state index in [9.17, 15) is 4.79 Å². The summed E-state index contributed by atoms with van der Waals surface area (Å²) in [5, 5.41) is 0. The van der Waals surface area contributed by atoms with Gasteiger partial charge in [0.15, 0.2) is 0 Å². The summed E-state index contributed by atoms with van der Waals surface area (Å²) in [4.78, 5) is 16.4. The Morgan fingerprint density at radius 3 is 2.46 bits per heavy atom. The number of fused-ring (bicyclic) bond motifs is 1. The first-order valence-electron chi connectivity index (χ1n) is 10.8. The molecule has 1 amide bonds. The number of carbonyl (C=O) groups is 1. The van der Waals surface area contributed by atoms with Gasteiger partial charge in [0.05, 0.1) is 6.04 Å². The van der Waals surface area contributed by atoms with Crippen molar-refractivity contribution in [1.82, 2.24) is 9.80 Å². The molecule has 0 aliphatic carbocycles. The van der Waals surface area contributed by atoms with E-state index in [1.165, 1.54) is 53.7 Å². The first kappa shape index (κ1) is 19.2. The topological polar surface area (TPSA) is 23.6 Å². The van der Waals surface area contributed by atoms with Gasteiger partial charge < -0.3 is 9.80 Å². The number of hydrogen-bond donors (Lipinski definition) is 0. The van der Waals surface area contributed by atoms with E-state index in [-0.39, 0.29) is 11.9 Å². The minimum atomic E-state index is 0.168. The fourth-order valence-corrected chi connectivity index (χ4v) is 4.90. The Kier molecular flexibility index (Phi) is 5.54. The number of rotatable bonds is 4. The Balaban J connectivity index is 1.45.